The molecule has 2 aromatic rings. The first-order chi connectivity index (χ1) is 6.69. The number of benzene rings is 1. The SMILES string of the molecule is NC1(c2onc3cc(F)ccc23)CC1. The van der Waals surface area contributed by atoms with Crippen molar-refractivity contribution in [2.45, 2.75) is 18.4 Å². The molecule has 0 radical (unpaired) electrons. The van der Waals surface area contributed by atoms with E-state index in [1.165, 1.54) is 12.1 Å². The highest BCUT2D eigenvalue weighted by molar-refractivity contribution is 5.81. The summed E-state index contributed by atoms with van der Waals surface area (Å²) < 4.78 is 18.0. The molecular formula is C10H9FN2O. The van der Waals surface area contributed by atoms with Gasteiger partial charge in [0.15, 0.2) is 5.76 Å². The zero-order valence-corrected chi connectivity index (χ0v) is 7.46. The summed E-state index contributed by atoms with van der Waals surface area (Å²) in [4.78, 5) is 0. The Bertz CT molecular complexity index is 502. The molecule has 2 N–H and O–H groups in total. The number of fused-ring (bicyclic) bond motifs is 1. The summed E-state index contributed by atoms with van der Waals surface area (Å²) in [5.41, 5.74) is 6.17. The normalized spacial score (nSPS) is 18.7. The Morgan fingerprint density at radius 1 is 1.43 bits per heavy atom. The molecular weight excluding hydrogens is 183 g/mol. The largest absolute Gasteiger partial charge is 0.358 e. The maximum atomic E-state index is 12.8. The summed E-state index contributed by atoms with van der Waals surface area (Å²) in [5.74, 6) is 0.381. The molecule has 1 aromatic carbocycles. The third-order valence-corrected chi connectivity index (χ3v) is 2.68. The van der Waals surface area contributed by atoms with Crippen molar-refractivity contribution in [2.24, 2.45) is 5.73 Å². The standard InChI is InChI=1S/C10H9FN2O/c11-6-1-2-7-8(5-6)13-14-9(7)10(12)3-4-10/h1-2,5H,3-4,12H2. The maximum absolute atomic E-state index is 12.8. The van der Waals surface area contributed by atoms with Gasteiger partial charge < -0.3 is 10.3 Å². The zero-order valence-electron chi connectivity index (χ0n) is 7.46. The Balaban J connectivity index is 2.27. The van der Waals surface area contributed by atoms with E-state index in [1.807, 2.05) is 0 Å². The lowest BCUT2D eigenvalue weighted by molar-refractivity contribution is 0.362. The first-order valence-corrected chi connectivity index (χ1v) is 4.53. The molecule has 1 fully saturated rings. The van der Waals surface area contributed by atoms with Gasteiger partial charge in [0.2, 0.25) is 0 Å². The van der Waals surface area contributed by atoms with Crippen molar-refractivity contribution in [3.8, 4) is 0 Å². The Kier molecular flexibility index (Phi) is 1.32. The van der Waals surface area contributed by atoms with Crippen LogP contribution >= 0.6 is 0 Å². The highest BCUT2D eigenvalue weighted by atomic mass is 19.1. The van der Waals surface area contributed by atoms with Crippen LogP contribution in [0.25, 0.3) is 10.9 Å². The second-order valence-corrected chi connectivity index (χ2v) is 3.83. The average molecular weight is 192 g/mol. The van der Waals surface area contributed by atoms with Crippen LogP contribution in [0.15, 0.2) is 22.7 Å². The lowest BCUT2D eigenvalue weighted by Crippen LogP contribution is -2.17. The maximum Gasteiger partial charge on any atom is 0.164 e. The number of hydrogen-bond donors (Lipinski definition) is 1. The third-order valence-electron chi connectivity index (χ3n) is 2.68. The highest BCUT2D eigenvalue weighted by Crippen LogP contribution is 2.45. The number of nitrogens with zero attached hydrogens (tertiary/aromatic N) is 1. The van der Waals surface area contributed by atoms with E-state index in [2.05, 4.69) is 5.16 Å². The summed E-state index contributed by atoms with van der Waals surface area (Å²) in [6.45, 7) is 0. The van der Waals surface area contributed by atoms with Gasteiger partial charge in [-0.25, -0.2) is 4.39 Å². The summed E-state index contributed by atoms with van der Waals surface area (Å²) >= 11 is 0. The number of rotatable bonds is 1. The van der Waals surface area contributed by atoms with Crippen molar-refractivity contribution < 1.29 is 8.91 Å². The van der Waals surface area contributed by atoms with Gasteiger partial charge >= 0.3 is 0 Å². The van der Waals surface area contributed by atoms with E-state index < -0.39 is 0 Å². The molecule has 0 amide bonds. The van der Waals surface area contributed by atoms with E-state index >= 15 is 0 Å². The van der Waals surface area contributed by atoms with Crippen molar-refractivity contribution in [2.75, 3.05) is 0 Å². The number of nitrogens with two attached hydrogens (primary N) is 1. The average Bonchev–Trinajstić information content (AvgIpc) is 2.77. The van der Waals surface area contributed by atoms with E-state index in [-0.39, 0.29) is 11.4 Å². The molecule has 0 bridgehead atoms. The van der Waals surface area contributed by atoms with E-state index in [0.717, 1.165) is 18.2 Å². The molecule has 1 heterocycles. The van der Waals surface area contributed by atoms with Crippen LogP contribution in [0, 0.1) is 5.82 Å². The third kappa shape index (κ3) is 0.974. The summed E-state index contributed by atoms with van der Waals surface area (Å²) in [6, 6.07) is 4.42. The fourth-order valence-electron chi connectivity index (χ4n) is 1.64. The predicted octanol–water partition coefficient (Wildman–Crippen LogP) is 1.91. The molecule has 0 spiro atoms. The molecule has 14 heavy (non-hydrogen) atoms. The quantitative estimate of drug-likeness (QED) is 0.750. The minimum absolute atomic E-state index is 0.306. The Labute approximate surface area is 79.7 Å². The van der Waals surface area contributed by atoms with Crippen LogP contribution in [0.3, 0.4) is 0 Å². The van der Waals surface area contributed by atoms with Crippen molar-refractivity contribution >= 4 is 10.9 Å². The van der Waals surface area contributed by atoms with Crippen LogP contribution in [-0.2, 0) is 5.54 Å². The van der Waals surface area contributed by atoms with Crippen LogP contribution in [-0.4, -0.2) is 5.16 Å². The van der Waals surface area contributed by atoms with Crippen LogP contribution in [0.5, 0.6) is 0 Å². The van der Waals surface area contributed by atoms with E-state index in [0.29, 0.717) is 11.3 Å². The Hall–Kier alpha value is -1.42. The fourth-order valence-corrected chi connectivity index (χ4v) is 1.64. The first-order valence-electron chi connectivity index (χ1n) is 4.53. The van der Waals surface area contributed by atoms with Gasteiger partial charge in [-0.15, -0.1) is 0 Å². The molecule has 4 heteroatoms. The van der Waals surface area contributed by atoms with Crippen molar-refractivity contribution in [3.05, 3.63) is 29.8 Å². The summed E-state index contributed by atoms with van der Waals surface area (Å²) in [7, 11) is 0. The van der Waals surface area contributed by atoms with Gasteiger partial charge in [-0.05, 0) is 25.0 Å². The minimum atomic E-state index is -0.355. The number of halogens is 1. The molecule has 0 saturated heterocycles. The van der Waals surface area contributed by atoms with Gasteiger partial charge in [-0.2, -0.15) is 0 Å². The molecule has 1 aliphatic rings. The molecule has 1 aromatic heterocycles. The van der Waals surface area contributed by atoms with Gasteiger partial charge in [0.1, 0.15) is 11.3 Å². The van der Waals surface area contributed by atoms with Gasteiger partial charge in [-0.3, -0.25) is 0 Å². The Morgan fingerprint density at radius 2 is 2.21 bits per heavy atom. The van der Waals surface area contributed by atoms with Crippen molar-refractivity contribution in [3.63, 3.8) is 0 Å². The van der Waals surface area contributed by atoms with Gasteiger partial charge in [0, 0.05) is 11.5 Å². The van der Waals surface area contributed by atoms with Gasteiger partial charge in [0.05, 0.1) is 5.54 Å². The molecule has 3 rings (SSSR count). The monoisotopic (exact) mass is 192 g/mol. The lowest BCUT2D eigenvalue weighted by atomic mass is 10.1. The number of aromatic nitrogens is 1. The van der Waals surface area contributed by atoms with Gasteiger partial charge in [-0.1, -0.05) is 5.16 Å². The molecule has 0 aliphatic heterocycles. The smallest absolute Gasteiger partial charge is 0.164 e. The highest BCUT2D eigenvalue weighted by Gasteiger charge is 2.45. The molecule has 1 aliphatic carbocycles. The molecule has 0 unspecified atom stereocenters. The van der Waals surface area contributed by atoms with E-state index in [4.69, 9.17) is 10.3 Å². The van der Waals surface area contributed by atoms with Crippen molar-refractivity contribution in [1.29, 1.82) is 0 Å². The van der Waals surface area contributed by atoms with Crippen molar-refractivity contribution in [1.82, 2.24) is 5.16 Å². The topological polar surface area (TPSA) is 52.0 Å². The van der Waals surface area contributed by atoms with Crippen LogP contribution in [0.2, 0.25) is 0 Å². The second-order valence-electron chi connectivity index (χ2n) is 3.83. The summed E-state index contributed by atoms with van der Waals surface area (Å²) in [5, 5.41) is 4.62. The second kappa shape index (κ2) is 2.33. The first kappa shape index (κ1) is 7.94. The van der Waals surface area contributed by atoms with E-state index in [1.54, 1.807) is 6.07 Å². The minimum Gasteiger partial charge on any atom is -0.358 e. The Morgan fingerprint density at radius 3 is 2.93 bits per heavy atom. The zero-order chi connectivity index (χ0) is 9.76. The molecule has 72 valence electrons. The summed E-state index contributed by atoms with van der Waals surface area (Å²) in [6.07, 6.45) is 1.82. The van der Waals surface area contributed by atoms with Crippen LogP contribution in [0.1, 0.15) is 18.6 Å². The van der Waals surface area contributed by atoms with Gasteiger partial charge in [0.25, 0.3) is 0 Å². The molecule has 1 saturated carbocycles. The molecule has 3 nitrogen and oxygen atoms in total. The van der Waals surface area contributed by atoms with Crippen LogP contribution < -0.4 is 5.73 Å². The predicted molar refractivity (Wildman–Crippen MR) is 49.1 cm³/mol. The molecule has 0 atom stereocenters. The van der Waals surface area contributed by atoms with Crippen LogP contribution in [0.4, 0.5) is 4.39 Å². The lowest BCUT2D eigenvalue weighted by Gasteiger charge is -2.02. The number of hydrogen-bond acceptors (Lipinski definition) is 3. The fraction of sp³-hybridized carbons (Fsp3) is 0.300. The van der Waals surface area contributed by atoms with E-state index in [9.17, 15) is 4.39 Å².